The van der Waals surface area contributed by atoms with Gasteiger partial charge in [-0.3, -0.25) is 0 Å². The van der Waals surface area contributed by atoms with Gasteiger partial charge in [0.1, 0.15) is 5.75 Å². The fourth-order valence-electron chi connectivity index (χ4n) is 1.05. The zero-order valence-corrected chi connectivity index (χ0v) is 8.29. The number of phenolic OH excluding ortho intramolecular Hbond substituents is 1. The zero-order chi connectivity index (χ0) is 9.84. The van der Waals surface area contributed by atoms with E-state index in [1.165, 1.54) is 12.1 Å². The molecule has 0 aliphatic heterocycles. The van der Waals surface area contributed by atoms with E-state index in [9.17, 15) is 5.11 Å². The van der Waals surface area contributed by atoms with Crippen LogP contribution in [0.4, 0.5) is 0 Å². The molecule has 0 saturated carbocycles. The van der Waals surface area contributed by atoms with Gasteiger partial charge in [-0.25, -0.2) is 0 Å². The summed E-state index contributed by atoms with van der Waals surface area (Å²) in [6.45, 7) is 0.239. The molecule has 0 spiro atoms. The van der Waals surface area contributed by atoms with E-state index in [1.807, 2.05) is 6.07 Å². The molecule has 0 amide bonds. The molecule has 0 heterocycles. The molecule has 0 saturated heterocycles. The number of hydrogen-bond donors (Lipinski definition) is 3. The molecular weight excluding hydrogens is 202 g/mol. The van der Waals surface area contributed by atoms with Crippen LogP contribution in [0.1, 0.15) is 17.2 Å². The summed E-state index contributed by atoms with van der Waals surface area (Å²) in [5.74, 6) is 0.0805. The maximum absolute atomic E-state index is 9.39. The normalized spacial score (nSPS) is 11.2. The summed E-state index contributed by atoms with van der Waals surface area (Å²) in [5.41, 5.74) is 12.0. The van der Waals surface area contributed by atoms with Crippen molar-refractivity contribution in [3.05, 3.63) is 29.3 Å². The Balaban J connectivity index is 0.00000169. The average molecular weight is 214 g/mol. The topological polar surface area (TPSA) is 96.1 Å². The Hall–Kier alpha value is -1.28. The minimum Gasteiger partial charge on any atom is -0.508 e. The van der Waals surface area contributed by atoms with Crippen LogP contribution in [0.15, 0.2) is 18.2 Å². The summed E-state index contributed by atoms with van der Waals surface area (Å²) in [5, 5.41) is 18.0. The van der Waals surface area contributed by atoms with Gasteiger partial charge in [0.25, 0.3) is 0 Å². The molecule has 0 bridgehead atoms. The van der Waals surface area contributed by atoms with Gasteiger partial charge >= 0.3 is 0 Å². The van der Waals surface area contributed by atoms with Crippen LogP contribution in [0.25, 0.3) is 0 Å². The number of nitriles is 1. The van der Waals surface area contributed by atoms with Crippen molar-refractivity contribution in [3.63, 3.8) is 0 Å². The summed E-state index contributed by atoms with van der Waals surface area (Å²) >= 11 is 0. The molecule has 1 atom stereocenters. The molecule has 4 nitrogen and oxygen atoms in total. The zero-order valence-electron chi connectivity index (χ0n) is 7.47. The molecule has 5 N–H and O–H groups in total. The monoisotopic (exact) mass is 213 g/mol. The molecule has 0 unspecified atom stereocenters. The first-order valence-corrected chi connectivity index (χ1v) is 3.87. The summed E-state index contributed by atoms with van der Waals surface area (Å²) in [7, 11) is 0. The lowest BCUT2D eigenvalue weighted by atomic mass is 10.0. The van der Waals surface area contributed by atoms with Crippen LogP contribution in [-0.2, 0) is 0 Å². The summed E-state index contributed by atoms with van der Waals surface area (Å²) in [4.78, 5) is 0. The van der Waals surface area contributed by atoms with Crippen molar-refractivity contribution < 1.29 is 5.11 Å². The molecule has 1 rings (SSSR count). The van der Waals surface area contributed by atoms with E-state index in [1.54, 1.807) is 6.07 Å². The smallest absolute Gasteiger partial charge is 0.120 e. The van der Waals surface area contributed by atoms with Gasteiger partial charge in [-0.2, -0.15) is 5.26 Å². The van der Waals surface area contributed by atoms with Crippen molar-refractivity contribution in [1.29, 1.82) is 5.26 Å². The SMILES string of the molecule is Cl.N#Cc1ccc(O)c([C@H](N)CN)c1. The molecule has 0 aliphatic rings. The van der Waals surface area contributed by atoms with Gasteiger partial charge < -0.3 is 16.6 Å². The minimum absolute atomic E-state index is 0. The molecule has 14 heavy (non-hydrogen) atoms. The number of hydrogen-bond acceptors (Lipinski definition) is 4. The van der Waals surface area contributed by atoms with E-state index in [0.717, 1.165) is 0 Å². The lowest BCUT2D eigenvalue weighted by Crippen LogP contribution is -2.20. The lowest BCUT2D eigenvalue weighted by molar-refractivity contribution is 0.462. The van der Waals surface area contributed by atoms with Crippen molar-refractivity contribution in [2.45, 2.75) is 6.04 Å². The largest absolute Gasteiger partial charge is 0.508 e. The van der Waals surface area contributed by atoms with E-state index in [2.05, 4.69) is 0 Å². The number of rotatable bonds is 2. The van der Waals surface area contributed by atoms with Crippen molar-refractivity contribution >= 4 is 12.4 Å². The van der Waals surface area contributed by atoms with Gasteiger partial charge in [-0.05, 0) is 18.2 Å². The number of phenols is 1. The predicted octanol–water partition coefficient (Wildman–Crippen LogP) is 0.644. The molecule has 0 aliphatic carbocycles. The highest BCUT2D eigenvalue weighted by Gasteiger charge is 2.09. The second-order valence-corrected chi connectivity index (χ2v) is 2.73. The third-order valence-electron chi connectivity index (χ3n) is 1.81. The third-order valence-corrected chi connectivity index (χ3v) is 1.81. The predicted molar refractivity (Wildman–Crippen MR) is 56.1 cm³/mol. The van der Waals surface area contributed by atoms with Gasteiger partial charge in [-0.1, -0.05) is 0 Å². The second kappa shape index (κ2) is 5.45. The maximum atomic E-state index is 9.39. The number of aromatic hydroxyl groups is 1. The maximum Gasteiger partial charge on any atom is 0.120 e. The number of halogens is 1. The molecule has 5 heteroatoms. The molecule has 0 fully saturated rings. The number of nitrogens with two attached hydrogens (primary N) is 2. The first-order valence-electron chi connectivity index (χ1n) is 3.87. The molecule has 0 aromatic heterocycles. The second-order valence-electron chi connectivity index (χ2n) is 2.73. The minimum atomic E-state index is -0.423. The lowest BCUT2D eigenvalue weighted by Gasteiger charge is -2.10. The van der Waals surface area contributed by atoms with Crippen molar-refractivity contribution in [2.24, 2.45) is 11.5 Å². The molecule has 76 valence electrons. The average Bonchev–Trinajstić information content (AvgIpc) is 2.17. The highest BCUT2D eigenvalue weighted by molar-refractivity contribution is 5.85. The summed E-state index contributed by atoms with van der Waals surface area (Å²) < 4.78 is 0. The van der Waals surface area contributed by atoms with Gasteiger partial charge in [0.05, 0.1) is 11.6 Å². The number of nitrogens with zero attached hydrogens (tertiary/aromatic N) is 1. The van der Waals surface area contributed by atoms with E-state index < -0.39 is 6.04 Å². The van der Waals surface area contributed by atoms with Crippen LogP contribution in [0.5, 0.6) is 5.75 Å². The Morgan fingerprint density at radius 2 is 2.14 bits per heavy atom. The van der Waals surface area contributed by atoms with E-state index in [0.29, 0.717) is 11.1 Å². The van der Waals surface area contributed by atoms with Crippen LogP contribution in [0, 0.1) is 11.3 Å². The Bertz CT molecular complexity index is 348. The van der Waals surface area contributed by atoms with E-state index >= 15 is 0 Å². The van der Waals surface area contributed by atoms with Crippen molar-refractivity contribution in [3.8, 4) is 11.8 Å². The van der Waals surface area contributed by atoms with Gasteiger partial charge in [0, 0.05) is 18.2 Å². The summed E-state index contributed by atoms with van der Waals surface area (Å²) in [6.07, 6.45) is 0. The fraction of sp³-hybridized carbons (Fsp3) is 0.222. The van der Waals surface area contributed by atoms with Crippen LogP contribution in [0.3, 0.4) is 0 Å². The van der Waals surface area contributed by atoms with Gasteiger partial charge in [0.15, 0.2) is 0 Å². The van der Waals surface area contributed by atoms with Crippen molar-refractivity contribution in [1.82, 2.24) is 0 Å². The number of benzene rings is 1. The molecule has 1 aromatic rings. The van der Waals surface area contributed by atoms with Gasteiger partial charge in [0.2, 0.25) is 0 Å². The standard InChI is InChI=1S/C9H11N3O.ClH/c10-4-6-1-2-9(13)7(3-6)8(12)5-11;/h1-3,8,13H,5,11-12H2;1H/t8-;/m1./s1. The molecule has 1 aromatic carbocycles. The van der Waals surface area contributed by atoms with Crippen LogP contribution in [0.2, 0.25) is 0 Å². The van der Waals surface area contributed by atoms with Crippen LogP contribution < -0.4 is 11.5 Å². The Morgan fingerprint density at radius 1 is 1.50 bits per heavy atom. The molecule has 0 radical (unpaired) electrons. The fourth-order valence-corrected chi connectivity index (χ4v) is 1.05. The van der Waals surface area contributed by atoms with E-state index in [-0.39, 0.29) is 24.7 Å². The van der Waals surface area contributed by atoms with E-state index in [4.69, 9.17) is 16.7 Å². The highest BCUT2D eigenvalue weighted by Crippen LogP contribution is 2.22. The summed E-state index contributed by atoms with van der Waals surface area (Å²) in [6, 6.07) is 6.07. The third kappa shape index (κ3) is 2.60. The van der Waals surface area contributed by atoms with Crippen LogP contribution in [-0.4, -0.2) is 11.7 Å². The Kier molecular flexibility index (Phi) is 4.95. The van der Waals surface area contributed by atoms with Crippen molar-refractivity contribution in [2.75, 3.05) is 6.54 Å². The Morgan fingerprint density at radius 3 is 2.64 bits per heavy atom. The Labute approximate surface area is 88.5 Å². The van der Waals surface area contributed by atoms with Gasteiger partial charge in [-0.15, -0.1) is 12.4 Å². The quantitative estimate of drug-likeness (QED) is 0.672. The first kappa shape index (κ1) is 12.7. The first-order chi connectivity index (χ1) is 6.19. The highest BCUT2D eigenvalue weighted by atomic mass is 35.5. The van der Waals surface area contributed by atoms with Crippen LogP contribution >= 0.6 is 12.4 Å². The molecular formula is C9H12ClN3O.